The van der Waals surface area contributed by atoms with Crippen molar-refractivity contribution in [1.82, 2.24) is 9.88 Å². The molecule has 9 heteroatoms. The molecule has 0 bridgehead atoms. The van der Waals surface area contributed by atoms with Crippen LogP contribution in [0.5, 0.6) is 5.75 Å². The second kappa shape index (κ2) is 11.6. The SMILES string of the molecule is CC(C)OC(=O)c1cccnc1N1CCN(Cc2cccc(COc3ccccc3C(F)(F)F)c2)CC1. The smallest absolute Gasteiger partial charge is 0.419 e. The Balaban J connectivity index is 1.34. The molecule has 1 aliphatic heterocycles. The van der Waals surface area contributed by atoms with Crippen LogP contribution in [0.1, 0.15) is 40.9 Å². The molecule has 0 atom stereocenters. The summed E-state index contributed by atoms with van der Waals surface area (Å²) in [4.78, 5) is 21.3. The maximum atomic E-state index is 13.2. The van der Waals surface area contributed by atoms with E-state index < -0.39 is 11.7 Å². The van der Waals surface area contributed by atoms with Crippen molar-refractivity contribution in [3.8, 4) is 5.75 Å². The van der Waals surface area contributed by atoms with Gasteiger partial charge in [-0.05, 0) is 49.2 Å². The molecule has 0 saturated carbocycles. The molecule has 37 heavy (non-hydrogen) atoms. The zero-order chi connectivity index (χ0) is 26.4. The second-order valence-electron chi connectivity index (χ2n) is 9.19. The Morgan fingerprint density at radius 3 is 2.43 bits per heavy atom. The highest BCUT2D eigenvalue weighted by Gasteiger charge is 2.34. The summed E-state index contributed by atoms with van der Waals surface area (Å²) in [7, 11) is 0. The summed E-state index contributed by atoms with van der Waals surface area (Å²) in [6, 6.07) is 16.4. The summed E-state index contributed by atoms with van der Waals surface area (Å²) in [6.45, 7) is 7.33. The van der Waals surface area contributed by atoms with E-state index >= 15 is 0 Å². The van der Waals surface area contributed by atoms with Crippen LogP contribution >= 0.6 is 0 Å². The Hall–Kier alpha value is -3.59. The fourth-order valence-corrected chi connectivity index (χ4v) is 4.27. The molecule has 0 N–H and O–H groups in total. The lowest BCUT2D eigenvalue weighted by Crippen LogP contribution is -2.46. The first kappa shape index (κ1) is 26.5. The molecule has 196 valence electrons. The fourth-order valence-electron chi connectivity index (χ4n) is 4.27. The number of carbonyl (C=O) groups is 1. The van der Waals surface area contributed by atoms with Crippen molar-refractivity contribution in [2.45, 2.75) is 39.3 Å². The van der Waals surface area contributed by atoms with Gasteiger partial charge in [0.25, 0.3) is 0 Å². The van der Waals surface area contributed by atoms with E-state index in [1.807, 2.05) is 38.1 Å². The van der Waals surface area contributed by atoms with Crippen LogP contribution in [0.4, 0.5) is 19.0 Å². The fraction of sp³-hybridized carbons (Fsp3) is 0.357. The van der Waals surface area contributed by atoms with Crippen molar-refractivity contribution in [2.75, 3.05) is 31.1 Å². The number of hydrogen-bond acceptors (Lipinski definition) is 6. The summed E-state index contributed by atoms with van der Waals surface area (Å²) in [5, 5.41) is 0. The number of para-hydroxylation sites is 1. The number of aromatic nitrogens is 1. The Kier molecular flexibility index (Phi) is 8.33. The highest BCUT2D eigenvalue weighted by molar-refractivity contribution is 5.94. The van der Waals surface area contributed by atoms with Crippen LogP contribution in [0.15, 0.2) is 66.9 Å². The normalized spacial score (nSPS) is 14.6. The van der Waals surface area contributed by atoms with Crippen LogP contribution < -0.4 is 9.64 Å². The van der Waals surface area contributed by atoms with Crippen molar-refractivity contribution in [3.05, 3.63) is 89.1 Å². The minimum atomic E-state index is -4.47. The zero-order valence-corrected chi connectivity index (χ0v) is 20.9. The Morgan fingerprint density at radius 2 is 1.70 bits per heavy atom. The van der Waals surface area contributed by atoms with E-state index in [2.05, 4.69) is 14.8 Å². The molecule has 1 aromatic heterocycles. The molecule has 0 amide bonds. The number of rotatable bonds is 8. The molecule has 3 aromatic rings. The molecule has 0 spiro atoms. The Labute approximate surface area is 214 Å². The first-order valence-corrected chi connectivity index (χ1v) is 12.2. The van der Waals surface area contributed by atoms with E-state index in [0.717, 1.165) is 30.3 Å². The zero-order valence-electron chi connectivity index (χ0n) is 20.9. The van der Waals surface area contributed by atoms with Gasteiger partial charge in [-0.25, -0.2) is 9.78 Å². The van der Waals surface area contributed by atoms with Crippen molar-refractivity contribution in [3.63, 3.8) is 0 Å². The molecule has 1 aliphatic rings. The van der Waals surface area contributed by atoms with Gasteiger partial charge >= 0.3 is 12.1 Å². The average Bonchev–Trinajstić information content (AvgIpc) is 2.87. The van der Waals surface area contributed by atoms with Gasteiger partial charge in [0, 0.05) is 38.9 Å². The average molecular weight is 514 g/mol. The van der Waals surface area contributed by atoms with Crippen LogP contribution in [0.25, 0.3) is 0 Å². The lowest BCUT2D eigenvalue weighted by Gasteiger charge is -2.36. The van der Waals surface area contributed by atoms with E-state index in [1.165, 1.54) is 18.2 Å². The number of benzene rings is 2. The summed E-state index contributed by atoms with van der Waals surface area (Å²) >= 11 is 0. The number of carbonyl (C=O) groups excluding carboxylic acids is 1. The summed E-state index contributed by atoms with van der Waals surface area (Å²) in [6.07, 6.45) is -3.00. The third kappa shape index (κ3) is 7.01. The van der Waals surface area contributed by atoms with Gasteiger partial charge in [-0.15, -0.1) is 0 Å². The van der Waals surface area contributed by atoms with Crippen LogP contribution in [0, 0.1) is 0 Å². The van der Waals surface area contributed by atoms with Gasteiger partial charge in [0.05, 0.1) is 11.7 Å². The molecular formula is C28H30F3N3O3. The topological polar surface area (TPSA) is 54.9 Å². The highest BCUT2D eigenvalue weighted by atomic mass is 19.4. The lowest BCUT2D eigenvalue weighted by molar-refractivity contribution is -0.139. The molecule has 0 unspecified atom stereocenters. The van der Waals surface area contributed by atoms with Gasteiger partial charge < -0.3 is 14.4 Å². The predicted molar refractivity (Wildman–Crippen MR) is 134 cm³/mol. The Morgan fingerprint density at radius 1 is 0.973 bits per heavy atom. The minimum Gasteiger partial charge on any atom is -0.488 e. The summed E-state index contributed by atoms with van der Waals surface area (Å²) in [5.41, 5.74) is 1.54. The first-order chi connectivity index (χ1) is 17.7. The quantitative estimate of drug-likeness (QED) is 0.368. The summed E-state index contributed by atoms with van der Waals surface area (Å²) < 4.78 is 50.6. The molecule has 1 fully saturated rings. The van der Waals surface area contributed by atoms with E-state index in [-0.39, 0.29) is 24.4 Å². The van der Waals surface area contributed by atoms with Gasteiger partial charge in [0.1, 0.15) is 23.7 Å². The number of halogens is 3. The predicted octanol–water partition coefficient (Wildman–Crippen LogP) is 5.57. The monoisotopic (exact) mass is 513 g/mol. The highest BCUT2D eigenvalue weighted by Crippen LogP contribution is 2.36. The first-order valence-electron chi connectivity index (χ1n) is 12.2. The minimum absolute atomic E-state index is 0.0453. The van der Waals surface area contributed by atoms with Crippen LogP contribution in [-0.2, 0) is 24.1 Å². The molecule has 0 aliphatic carbocycles. The third-order valence-electron chi connectivity index (χ3n) is 6.01. The van der Waals surface area contributed by atoms with E-state index in [4.69, 9.17) is 9.47 Å². The number of hydrogen-bond donors (Lipinski definition) is 0. The van der Waals surface area contributed by atoms with E-state index in [1.54, 1.807) is 18.3 Å². The van der Waals surface area contributed by atoms with Crippen LogP contribution in [0.3, 0.4) is 0 Å². The standard InChI is InChI=1S/C28H30F3N3O3/c1-20(2)37-27(35)23-9-6-12-32-26(23)34-15-13-33(14-16-34)18-21-7-5-8-22(17-21)19-36-25-11-4-3-10-24(25)28(29,30)31/h3-12,17,20H,13-16,18-19H2,1-2H3. The van der Waals surface area contributed by atoms with E-state index in [9.17, 15) is 18.0 Å². The van der Waals surface area contributed by atoms with Gasteiger partial charge in [0.15, 0.2) is 0 Å². The molecule has 6 nitrogen and oxygen atoms in total. The van der Waals surface area contributed by atoms with Crippen molar-refractivity contribution >= 4 is 11.8 Å². The van der Waals surface area contributed by atoms with Crippen molar-refractivity contribution in [2.24, 2.45) is 0 Å². The number of pyridine rings is 1. The van der Waals surface area contributed by atoms with Gasteiger partial charge in [0.2, 0.25) is 0 Å². The lowest BCUT2D eigenvalue weighted by atomic mass is 10.1. The number of anilines is 1. The van der Waals surface area contributed by atoms with Gasteiger partial charge in [-0.1, -0.05) is 36.4 Å². The van der Waals surface area contributed by atoms with Gasteiger partial charge in [-0.3, -0.25) is 4.90 Å². The molecule has 2 aromatic carbocycles. The third-order valence-corrected chi connectivity index (χ3v) is 6.01. The number of alkyl halides is 3. The molecule has 4 rings (SSSR count). The summed E-state index contributed by atoms with van der Waals surface area (Å²) in [5.74, 6) is 0.0752. The second-order valence-corrected chi connectivity index (χ2v) is 9.19. The number of nitrogens with zero attached hydrogens (tertiary/aromatic N) is 3. The maximum absolute atomic E-state index is 13.2. The largest absolute Gasteiger partial charge is 0.488 e. The molecule has 0 radical (unpaired) electrons. The number of esters is 1. The molecule has 1 saturated heterocycles. The maximum Gasteiger partial charge on any atom is 0.419 e. The van der Waals surface area contributed by atoms with Gasteiger partial charge in [-0.2, -0.15) is 13.2 Å². The molecule has 2 heterocycles. The van der Waals surface area contributed by atoms with Crippen LogP contribution in [-0.4, -0.2) is 48.1 Å². The van der Waals surface area contributed by atoms with Crippen molar-refractivity contribution in [1.29, 1.82) is 0 Å². The molecular weight excluding hydrogens is 483 g/mol. The van der Waals surface area contributed by atoms with Crippen LogP contribution in [0.2, 0.25) is 0 Å². The number of ether oxygens (including phenoxy) is 2. The number of piperazine rings is 1. The van der Waals surface area contributed by atoms with E-state index in [0.29, 0.717) is 31.0 Å². The Bertz CT molecular complexity index is 1210. The van der Waals surface area contributed by atoms with Crippen molar-refractivity contribution < 1.29 is 27.4 Å².